The van der Waals surface area contributed by atoms with Crippen LogP contribution in [0.3, 0.4) is 0 Å². The molecule has 0 aliphatic carbocycles. The van der Waals surface area contributed by atoms with Crippen LogP contribution in [0.1, 0.15) is 18.5 Å². The Kier molecular flexibility index (Phi) is 5.65. The highest BCUT2D eigenvalue weighted by Gasteiger charge is 2.10. The Morgan fingerprint density at radius 3 is 2.57 bits per heavy atom. The van der Waals surface area contributed by atoms with Gasteiger partial charge in [-0.25, -0.2) is 0 Å². The summed E-state index contributed by atoms with van der Waals surface area (Å²) in [5, 5.41) is 3.37. The molecule has 5 heteroatoms. The molecule has 0 aliphatic rings. The Bertz CT molecular complexity index is 616. The molecule has 2 aromatic rings. The van der Waals surface area contributed by atoms with Crippen LogP contribution in [0.25, 0.3) is 0 Å². The number of nitrogens with one attached hydrogen (secondary N) is 1. The van der Waals surface area contributed by atoms with Crippen LogP contribution >= 0.6 is 27.5 Å². The van der Waals surface area contributed by atoms with Crippen molar-refractivity contribution in [2.24, 2.45) is 0 Å². The minimum absolute atomic E-state index is 0.0649. The largest absolute Gasteiger partial charge is 0.482 e. The van der Waals surface area contributed by atoms with Crippen LogP contribution in [0, 0.1) is 0 Å². The molecular formula is C16H15BrClNO2. The highest BCUT2D eigenvalue weighted by Crippen LogP contribution is 2.23. The molecule has 0 aromatic heterocycles. The Labute approximate surface area is 137 Å². The molecule has 0 fully saturated rings. The summed E-state index contributed by atoms with van der Waals surface area (Å²) >= 11 is 9.35. The number of para-hydroxylation sites is 1. The summed E-state index contributed by atoms with van der Waals surface area (Å²) in [5.74, 6) is 0.316. The number of amides is 1. The molecule has 3 nitrogen and oxygen atoms in total. The second-order valence-electron chi connectivity index (χ2n) is 4.56. The van der Waals surface area contributed by atoms with Gasteiger partial charge >= 0.3 is 0 Å². The monoisotopic (exact) mass is 367 g/mol. The van der Waals surface area contributed by atoms with Crippen molar-refractivity contribution >= 4 is 33.4 Å². The number of hydrogen-bond acceptors (Lipinski definition) is 2. The summed E-state index contributed by atoms with van der Waals surface area (Å²) in [7, 11) is 0. The van der Waals surface area contributed by atoms with E-state index in [9.17, 15) is 4.79 Å². The van der Waals surface area contributed by atoms with Crippen LogP contribution in [-0.4, -0.2) is 12.5 Å². The van der Waals surface area contributed by atoms with E-state index in [1.807, 2.05) is 43.3 Å². The molecule has 0 heterocycles. The molecule has 0 aliphatic heterocycles. The molecule has 2 aromatic carbocycles. The summed E-state index contributed by atoms with van der Waals surface area (Å²) in [6.45, 7) is 1.86. The zero-order valence-electron chi connectivity index (χ0n) is 11.5. The van der Waals surface area contributed by atoms with E-state index in [2.05, 4.69) is 21.2 Å². The lowest BCUT2D eigenvalue weighted by atomic mass is 10.1. The summed E-state index contributed by atoms with van der Waals surface area (Å²) in [6.07, 6.45) is 0. The van der Waals surface area contributed by atoms with Gasteiger partial charge in [-0.1, -0.05) is 51.8 Å². The first-order valence-electron chi connectivity index (χ1n) is 6.48. The first-order chi connectivity index (χ1) is 10.1. The van der Waals surface area contributed by atoms with Crippen molar-refractivity contribution in [2.45, 2.75) is 13.0 Å². The summed E-state index contributed by atoms with van der Waals surface area (Å²) in [6, 6.07) is 14.8. The quantitative estimate of drug-likeness (QED) is 0.851. The molecule has 0 saturated heterocycles. The lowest BCUT2D eigenvalue weighted by molar-refractivity contribution is -0.123. The number of carbonyl (C=O) groups excluding carboxylic acids is 1. The molecule has 1 amide bonds. The van der Waals surface area contributed by atoms with Crippen LogP contribution in [0.15, 0.2) is 53.0 Å². The third kappa shape index (κ3) is 4.76. The van der Waals surface area contributed by atoms with Crippen LogP contribution in [0.5, 0.6) is 5.75 Å². The third-order valence-corrected chi connectivity index (χ3v) is 3.78. The molecule has 0 spiro atoms. The Morgan fingerprint density at radius 1 is 1.24 bits per heavy atom. The fourth-order valence-corrected chi connectivity index (χ4v) is 2.28. The number of hydrogen-bond donors (Lipinski definition) is 1. The van der Waals surface area contributed by atoms with Crippen molar-refractivity contribution in [3.63, 3.8) is 0 Å². The van der Waals surface area contributed by atoms with E-state index < -0.39 is 0 Å². The summed E-state index contributed by atoms with van der Waals surface area (Å²) in [5.41, 5.74) is 1.03. The number of halogens is 2. The number of carbonyl (C=O) groups is 1. The Hall–Kier alpha value is -1.52. The first-order valence-corrected chi connectivity index (χ1v) is 7.65. The fraction of sp³-hybridized carbons (Fsp3) is 0.188. The lowest BCUT2D eigenvalue weighted by Crippen LogP contribution is -2.31. The zero-order chi connectivity index (χ0) is 15.2. The lowest BCUT2D eigenvalue weighted by Gasteiger charge is -2.15. The van der Waals surface area contributed by atoms with Gasteiger partial charge in [-0.05, 0) is 36.8 Å². The fourth-order valence-electron chi connectivity index (χ4n) is 1.82. The molecule has 2 rings (SSSR count). The first kappa shape index (κ1) is 15.9. The van der Waals surface area contributed by atoms with Gasteiger partial charge in [0, 0.05) is 4.47 Å². The molecule has 0 bridgehead atoms. The number of benzene rings is 2. The maximum Gasteiger partial charge on any atom is 0.258 e. The van der Waals surface area contributed by atoms with Gasteiger partial charge in [-0.3, -0.25) is 4.79 Å². The molecule has 1 atom stereocenters. The average Bonchev–Trinajstić information content (AvgIpc) is 2.47. The third-order valence-electron chi connectivity index (χ3n) is 2.94. The van der Waals surface area contributed by atoms with Crippen molar-refractivity contribution in [3.05, 3.63) is 63.6 Å². The maximum absolute atomic E-state index is 11.9. The van der Waals surface area contributed by atoms with Crippen LogP contribution < -0.4 is 10.1 Å². The second-order valence-corrected chi connectivity index (χ2v) is 5.88. The minimum Gasteiger partial charge on any atom is -0.482 e. The van der Waals surface area contributed by atoms with Crippen LogP contribution in [0.4, 0.5) is 0 Å². The number of ether oxygens (including phenoxy) is 1. The molecule has 21 heavy (non-hydrogen) atoms. The van der Waals surface area contributed by atoms with Crippen molar-refractivity contribution in [2.75, 3.05) is 6.61 Å². The van der Waals surface area contributed by atoms with E-state index in [-0.39, 0.29) is 18.6 Å². The van der Waals surface area contributed by atoms with E-state index >= 15 is 0 Å². The van der Waals surface area contributed by atoms with Gasteiger partial charge in [-0.15, -0.1) is 0 Å². The highest BCUT2D eigenvalue weighted by atomic mass is 79.9. The van der Waals surface area contributed by atoms with E-state index in [1.165, 1.54) is 0 Å². The molecule has 0 radical (unpaired) electrons. The van der Waals surface area contributed by atoms with Gasteiger partial charge in [0.15, 0.2) is 6.61 Å². The standard InChI is InChI=1S/C16H15BrClNO2/c1-11(12-6-8-13(17)9-7-12)19-16(20)10-21-15-5-3-2-4-14(15)18/h2-9,11H,10H2,1H3,(H,19,20)/t11-/m0/s1. The van der Waals surface area contributed by atoms with Gasteiger partial charge in [0.1, 0.15) is 5.75 Å². The van der Waals surface area contributed by atoms with Gasteiger partial charge < -0.3 is 10.1 Å². The van der Waals surface area contributed by atoms with E-state index in [1.54, 1.807) is 12.1 Å². The van der Waals surface area contributed by atoms with E-state index in [0.29, 0.717) is 10.8 Å². The summed E-state index contributed by atoms with van der Waals surface area (Å²) in [4.78, 5) is 11.9. The van der Waals surface area contributed by atoms with Gasteiger partial charge in [0.25, 0.3) is 5.91 Å². The molecule has 0 unspecified atom stereocenters. The smallest absolute Gasteiger partial charge is 0.258 e. The molecule has 110 valence electrons. The molecular weight excluding hydrogens is 354 g/mol. The maximum atomic E-state index is 11.9. The van der Waals surface area contributed by atoms with Crippen molar-refractivity contribution in [1.82, 2.24) is 5.32 Å². The van der Waals surface area contributed by atoms with Crippen molar-refractivity contribution < 1.29 is 9.53 Å². The zero-order valence-corrected chi connectivity index (χ0v) is 13.8. The average molecular weight is 369 g/mol. The second kappa shape index (κ2) is 7.48. The Morgan fingerprint density at radius 2 is 1.90 bits per heavy atom. The molecule has 0 saturated carbocycles. The minimum atomic E-state index is -0.190. The highest BCUT2D eigenvalue weighted by molar-refractivity contribution is 9.10. The van der Waals surface area contributed by atoms with E-state index in [4.69, 9.17) is 16.3 Å². The van der Waals surface area contributed by atoms with E-state index in [0.717, 1.165) is 10.0 Å². The van der Waals surface area contributed by atoms with Gasteiger partial charge in [0.05, 0.1) is 11.1 Å². The van der Waals surface area contributed by atoms with Crippen molar-refractivity contribution in [3.8, 4) is 5.75 Å². The van der Waals surface area contributed by atoms with Gasteiger partial charge in [-0.2, -0.15) is 0 Å². The predicted octanol–water partition coefficient (Wildman–Crippen LogP) is 4.36. The number of rotatable bonds is 5. The topological polar surface area (TPSA) is 38.3 Å². The van der Waals surface area contributed by atoms with Gasteiger partial charge in [0.2, 0.25) is 0 Å². The summed E-state index contributed by atoms with van der Waals surface area (Å²) < 4.78 is 6.41. The molecule has 1 N–H and O–H groups in total. The SMILES string of the molecule is C[C@H](NC(=O)COc1ccccc1Cl)c1ccc(Br)cc1. The van der Waals surface area contributed by atoms with Crippen LogP contribution in [0.2, 0.25) is 5.02 Å². The predicted molar refractivity (Wildman–Crippen MR) is 87.6 cm³/mol. The normalized spacial score (nSPS) is 11.8. The van der Waals surface area contributed by atoms with Crippen LogP contribution in [-0.2, 0) is 4.79 Å². The van der Waals surface area contributed by atoms with Crippen molar-refractivity contribution in [1.29, 1.82) is 0 Å². The Balaban J connectivity index is 1.87.